The summed E-state index contributed by atoms with van der Waals surface area (Å²) < 4.78 is 5.38. The van der Waals surface area contributed by atoms with Gasteiger partial charge in [0, 0.05) is 16.6 Å². The highest BCUT2D eigenvalue weighted by Crippen LogP contribution is 2.34. The van der Waals surface area contributed by atoms with Crippen molar-refractivity contribution in [3.8, 4) is 17.0 Å². The molecule has 0 unspecified atom stereocenters. The standard InChI is InChI=1S/C18H15N3O2S/c1-11-3-2-4-13(7-11)19-18-21-15(10-24-18)12-5-6-16-14(8-12)20-17(22)9-23-16/h2-8,10H,9H2,1H3,(H,19,21)(H,20,22). The topological polar surface area (TPSA) is 63.2 Å². The number of ether oxygens (including phenoxy) is 1. The minimum atomic E-state index is -0.139. The van der Waals surface area contributed by atoms with Gasteiger partial charge in [-0.25, -0.2) is 4.98 Å². The molecule has 0 fully saturated rings. The fourth-order valence-electron chi connectivity index (χ4n) is 2.55. The van der Waals surface area contributed by atoms with Gasteiger partial charge in [-0.3, -0.25) is 4.79 Å². The van der Waals surface area contributed by atoms with Crippen molar-refractivity contribution in [1.29, 1.82) is 0 Å². The fourth-order valence-corrected chi connectivity index (χ4v) is 3.29. The van der Waals surface area contributed by atoms with E-state index in [0.29, 0.717) is 11.4 Å². The van der Waals surface area contributed by atoms with E-state index in [2.05, 4.69) is 34.7 Å². The first-order valence-corrected chi connectivity index (χ1v) is 8.42. The molecular formula is C18H15N3O2S. The summed E-state index contributed by atoms with van der Waals surface area (Å²) in [5, 5.41) is 8.96. The van der Waals surface area contributed by atoms with Crippen LogP contribution >= 0.6 is 11.3 Å². The van der Waals surface area contributed by atoms with Crippen LogP contribution in [0.25, 0.3) is 11.3 Å². The molecule has 24 heavy (non-hydrogen) atoms. The van der Waals surface area contributed by atoms with Gasteiger partial charge in [0.05, 0.1) is 11.4 Å². The van der Waals surface area contributed by atoms with E-state index in [9.17, 15) is 4.79 Å². The van der Waals surface area contributed by atoms with Crippen LogP contribution in [0.15, 0.2) is 47.8 Å². The number of fused-ring (bicyclic) bond motifs is 1. The van der Waals surface area contributed by atoms with E-state index in [1.54, 1.807) is 11.3 Å². The largest absolute Gasteiger partial charge is 0.482 e. The first kappa shape index (κ1) is 14.7. The van der Waals surface area contributed by atoms with Crippen molar-refractivity contribution in [3.63, 3.8) is 0 Å². The highest BCUT2D eigenvalue weighted by atomic mass is 32.1. The zero-order valence-corrected chi connectivity index (χ0v) is 13.8. The maximum Gasteiger partial charge on any atom is 0.262 e. The lowest BCUT2D eigenvalue weighted by Gasteiger charge is -2.18. The zero-order valence-electron chi connectivity index (χ0n) is 13.0. The van der Waals surface area contributed by atoms with Crippen molar-refractivity contribution in [2.24, 2.45) is 0 Å². The molecule has 120 valence electrons. The number of hydrogen-bond donors (Lipinski definition) is 2. The van der Waals surface area contributed by atoms with Gasteiger partial charge in [-0.15, -0.1) is 11.3 Å². The van der Waals surface area contributed by atoms with E-state index >= 15 is 0 Å². The molecule has 0 spiro atoms. The molecule has 6 heteroatoms. The Morgan fingerprint density at radius 3 is 3.04 bits per heavy atom. The van der Waals surface area contributed by atoms with E-state index in [1.165, 1.54) is 5.56 Å². The van der Waals surface area contributed by atoms with Crippen LogP contribution < -0.4 is 15.4 Å². The lowest BCUT2D eigenvalue weighted by atomic mass is 10.1. The van der Waals surface area contributed by atoms with Crippen LogP contribution in [0.5, 0.6) is 5.75 Å². The van der Waals surface area contributed by atoms with E-state index in [4.69, 9.17) is 4.74 Å². The molecule has 2 N–H and O–H groups in total. The Kier molecular flexibility index (Phi) is 3.66. The van der Waals surface area contributed by atoms with Gasteiger partial charge in [-0.05, 0) is 42.8 Å². The van der Waals surface area contributed by atoms with E-state index in [-0.39, 0.29) is 12.5 Å². The third kappa shape index (κ3) is 2.96. The summed E-state index contributed by atoms with van der Waals surface area (Å²) in [6, 6.07) is 13.9. The highest BCUT2D eigenvalue weighted by molar-refractivity contribution is 7.14. The molecule has 0 bridgehead atoms. The maximum atomic E-state index is 11.4. The summed E-state index contributed by atoms with van der Waals surface area (Å²) in [4.78, 5) is 16.1. The predicted molar refractivity (Wildman–Crippen MR) is 96.1 cm³/mol. The number of hydrogen-bond acceptors (Lipinski definition) is 5. The number of benzene rings is 2. The Bertz CT molecular complexity index is 920. The minimum absolute atomic E-state index is 0.0631. The Balaban J connectivity index is 1.58. The molecule has 0 atom stereocenters. The second kappa shape index (κ2) is 5.98. The molecular weight excluding hydrogens is 322 g/mol. The molecule has 1 aliphatic heterocycles. The van der Waals surface area contributed by atoms with E-state index < -0.39 is 0 Å². The van der Waals surface area contributed by atoms with Crippen LogP contribution in [-0.2, 0) is 4.79 Å². The van der Waals surface area contributed by atoms with Gasteiger partial charge in [-0.2, -0.15) is 0 Å². The zero-order chi connectivity index (χ0) is 16.5. The number of carbonyl (C=O) groups is 1. The second-order valence-corrected chi connectivity index (χ2v) is 6.44. The quantitative estimate of drug-likeness (QED) is 0.752. The van der Waals surface area contributed by atoms with Crippen molar-refractivity contribution in [2.45, 2.75) is 6.92 Å². The van der Waals surface area contributed by atoms with Crippen LogP contribution in [0.2, 0.25) is 0 Å². The van der Waals surface area contributed by atoms with Crippen molar-refractivity contribution in [3.05, 3.63) is 53.4 Å². The SMILES string of the molecule is Cc1cccc(Nc2nc(-c3ccc4c(c3)NC(=O)CO4)cs2)c1. The number of anilines is 3. The minimum Gasteiger partial charge on any atom is -0.482 e. The van der Waals surface area contributed by atoms with Crippen molar-refractivity contribution in [1.82, 2.24) is 4.98 Å². The molecule has 1 amide bonds. The molecule has 0 saturated carbocycles. The summed E-state index contributed by atoms with van der Waals surface area (Å²) in [5.41, 5.74) is 4.69. The van der Waals surface area contributed by atoms with Crippen LogP contribution in [0.3, 0.4) is 0 Å². The second-order valence-electron chi connectivity index (χ2n) is 5.58. The van der Waals surface area contributed by atoms with Crippen LogP contribution in [0, 0.1) is 6.92 Å². The van der Waals surface area contributed by atoms with Crippen molar-refractivity contribution < 1.29 is 9.53 Å². The van der Waals surface area contributed by atoms with Gasteiger partial charge in [0.25, 0.3) is 5.91 Å². The maximum absolute atomic E-state index is 11.4. The molecule has 1 aromatic heterocycles. The number of thiazole rings is 1. The highest BCUT2D eigenvalue weighted by Gasteiger charge is 2.17. The Labute approximate surface area is 143 Å². The molecule has 0 saturated heterocycles. The van der Waals surface area contributed by atoms with Gasteiger partial charge in [0.15, 0.2) is 11.7 Å². The lowest BCUT2D eigenvalue weighted by Crippen LogP contribution is -2.25. The number of aryl methyl sites for hydroxylation is 1. The first-order valence-electron chi connectivity index (χ1n) is 7.54. The van der Waals surface area contributed by atoms with Gasteiger partial charge >= 0.3 is 0 Å². The van der Waals surface area contributed by atoms with Crippen LogP contribution in [0.4, 0.5) is 16.5 Å². The van der Waals surface area contributed by atoms with Crippen LogP contribution in [-0.4, -0.2) is 17.5 Å². The van der Waals surface area contributed by atoms with Crippen LogP contribution in [0.1, 0.15) is 5.56 Å². The van der Waals surface area contributed by atoms with Gasteiger partial charge in [-0.1, -0.05) is 12.1 Å². The van der Waals surface area contributed by atoms with Gasteiger partial charge in [0.1, 0.15) is 5.75 Å². The van der Waals surface area contributed by atoms with E-state index in [0.717, 1.165) is 22.1 Å². The molecule has 2 heterocycles. The van der Waals surface area contributed by atoms with Gasteiger partial charge < -0.3 is 15.4 Å². The third-order valence-corrected chi connectivity index (χ3v) is 4.44. The average Bonchev–Trinajstić information content (AvgIpc) is 3.02. The monoisotopic (exact) mass is 337 g/mol. The molecule has 0 aliphatic carbocycles. The Morgan fingerprint density at radius 1 is 1.25 bits per heavy atom. The summed E-state index contributed by atoms with van der Waals surface area (Å²) >= 11 is 1.54. The number of aromatic nitrogens is 1. The molecule has 5 nitrogen and oxygen atoms in total. The van der Waals surface area contributed by atoms with Gasteiger partial charge in [0.2, 0.25) is 0 Å². The molecule has 2 aromatic carbocycles. The third-order valence-electron chi connectivity index (χ3n) is 3.68. The number of amides is 1. The average molecular weight is 337 g/mol. The predicted octanol–water partition coefficient (Wildman–Crippen LogP) is 4.19. The number of carbonyl (C=O) groups excluding carboxylic acids is 1. The summed E-state index contributed by atoms with van der Waals surface area (Å²) in [7, 11) is 0. The molecule has 4 rings (SSSR count). The number of nitrogens with zero attached hydrogens (tertiary/aromatic N) is 1. The number of nitrogens with one attached hydrogen (secondary N) is 2. The number of rotatable bonds is 3. The normalized spacial score (nSPS) is 13.0. The fraction of sp³-hybridized carbons (Fsp3) is 0.111. The summed E-state index contributed by atoms with van der Waals surface area (Å²) in [5.74, 6) is 0.548. The first-order chi connectivity index (χ1) is 11.7. The summed E-state index contributed by atoms with van der Waals surface area (Å²) in [6.07, 6.45) is 0. The van der Waals surface area contributed by atoms with Crippen molar-refractivity contribution in [2.75, 3.05) is 17.2 Å². The molecule has 0 radical (unpaired) electrons. The Morgan fingerprint density at radius 2 is 2.17 bits per heavy atom. The lowest BCUT2D eigenvalue weighted by molar-refractivity contribution is -0.118. The molecule has 3 aromatic rings. The Hall–Kier alpha value is -2.86. The van der Waals surface area contributed by atoms with Crippen molar-refractivity contribution >= 4 is 33.8 Å². The smallest absolute Gasteiger partial charge is 0.262 e. The summed E-state index contributed by atoms with van der Waals surface area (Å²) in [6.45, 7) is 2.12. The molecule has 1 aliphatic rings. The van der Waals surface area contributed by atoms with E-state index in [1.807, 2.05) is 35.7 Å².